The summed E-state index contributed by atoms with van der Waals surface area (Å²) >= 11 is 0. The van der Waals surface area contributed by atoms with Crippen LogP contribution in [-0.4, -0.2) is 8.42 Å². The highest BCUT2D eigenvalue weighted by atomic mass is 32.2. The number of hydrogen-bond acceptors (Lipinski definition) is 2. The molecule has 3 nitrogen and oxygen atoms in total. The van der Waals surface area contributed by atoms with Crippen LogP contribution in [0.2, 0.25) is 0 Å². The zero-order valence-electron chi connectivity index (χ0n) is 14.2. The smallest absolute Gasteiger partial charge is 0.207 e. The van der Waals surface area contributed by atoms with Gasteiger partial charge < -0.3 is 0 Å². The molecule has 2 aromatic carbocycles. The average molecular weight is 469 g/mol. The molecule has 166 valence electrons. The van der Waals surface area contributed by atoms with Crippen LogP contribution in [0, 0.1) is 5.82 Å². The lowest BCUT2D eigenvalue weighted by atomic mass is 10.1. The molecule has 0 unspecified atom stereocenters. The zero-order chi connectivity index (χ0) is 23.1. The molecule has 1 N–H and O–H groups in total. The van der Waals surface area contributed by atoms with Gasteiger partial charge in [-0.05, 0) is 42.0 Å². The van der Waals surface area contributed by atoms with Gasteiger partial charge in [0.2, 0.25) is 10.0 Å². The van der Waals surface area contributed by atoms with Crippen molar-refractivity contribution < 1.29 is 52.3 Å². The Balaban J connectivity index is 2.42. The van der Waals surface area contributed by atoms with Crippen molar-refractivity contribution in [3.05, 3.63) is 64.5 Å². The van der Waals surface area contributed by atoms with Crippen LogP contribution in [0.3, 0.4) is 0 Å². The quantitative estimate of drug-likeness (QED) is 0.613. The van der Waals surface area contributed by atoms with E-state index in [0.717, 1.165) is 0 Å². The summed E-state index contributed by atoms with van der Waals surface area (Å²) in [6.07, 6.45) is -15.6. The molecular formula is C16H9F10NO2S. The van der Waals surface area contributed by atoms with Gasteiger partial charge in [-0.1, -0.05) is 0 Å². The minimum atomic E-state index is -5.31. The Bertz CT molecular complexity index is 1010. The van der Waals surface area contributed by atoms with Crippen LogP contribution in [-0.2, 0) is 35.1 Å². The highest BCUT2D eigenvalue weighted by molar-refractivity contribution is 7.89. The van der Waals surface area contributed by atoms with E-state index in [9.17, 15) is 52.3 Å². The van der Waals surface area contributed by atoms with E-state index in [4.69, 9.17) is 0 Å². The van der Waals surface area contributed by atoms with E-state index in [2.05, 4.69) is 0 Å². The van der Waals surface area contributed by atoms with E-state index in [-0.39, 0.29) is 24.3 Å². The van der Waals surface area contributed by atoms with Crippen molar-refractivity contribution in [2.75, 3.05) is 0 Å². The minimum Gasteiger partial charge on any atom is -0.207 e. The lowest BCUT2D eigenvalue weighted by molar-refractivity contribution is -0.143. The second-order valence-corrected chi connectivity index (χ2v) is 7.68. The number of hydrogen-bond donors (Lipinski definition) is 1. The first-order valence-corrected chi connectivity index (χ1v) is 9.04. The molecule has 0 aliphatic rings. The Kier molecular flexibility index (Phi) is 6.16. The molecule has 0 aliphatic heterocycles. The van der Waals surface area contributed by atoms with Gasteiger partial charge in [-0.25, -0.2) is 17.5 Å². The number of rotatable bonds is 4. The summed E-state index contributed by atoms with van der Waals surface area (Å²) < 4.78 is 154. The molecule has 0 amide bonds. The van der Waals surface area contributed by atoms with Gasteiger partial charge in [0, 0.05) is 6.54 Å². The molecular weight excluding hydrogens is 460 g/mol. The summed E-state index contributed by atoms with van der Waals surface area (Å²) in [5.74, 6) is -1.38. The summed E-state index contributed by atoms with van der Waals surface area (Å²) in [5.41, 5.74) is -5.82. The molecule has 0 fully saturated rings. The average Bonchev–Trinajstić information content (AvgIpc) is 2.57. The number of benzene rings is 2. The van der Waals surface area contributed by atoms with Crippen molar-refractivity contribution in [1.29, 1.82) is 0 Å². The van der Waals surface area contributed by atoms with Crippen LogP contribution < -0.4 is 4.72 Å². The van der Waals surface area contributed by atoms with E-state index >= 15 is 0 Å². The number of alkyl halides is 9. The maximum atomic E-state index is 13.3. The summed E-state index contributed by atoms with van der Waals surface area (Å²) in [4.78, 5) is -1.42. The molecule has 0 saturated carbocycles. The van der Waals surface area contributed by atoms with E-state index < -0.39 is 68.1 Å². The number of sulfonamides is 1. The summed E-state index contributed by atoms with van der Waals surface area (Å²) in [5, 5.41) is 0. The van der Waals surface area contributed by atoms with Crippen LogP contribution in [0.25, 0.3) is 0 Å². The van der Waals surface area contributed by atoms with Gasteiger partial charge >= 0.3 is 18.5 Å². The van der Waals surface area contributed by atoms with Crippen LogP contribution in [0.15, 0.2) is 41.3 Å². The third-order valence-corrected chi connectivity index (χ3v) is 5.00. The van der Waals surface area contributed by atoms with E-state index in [1.165, 1.54) is 0 Å². The first-order valence-electron chi connectivity index (χ1n) is 7.55. The number of nitrogens with one attached hydrogen (secondary N) is 1. The molecule has 0 bridgehead atoms. The van der Waals surface area contributed by atoms with Gasteiger partial charge in [-0.15, -0.1) is 0 Å². The third kappa shape index (κ3) is 5.84. The minimum absolute atomic E-state index is 0.0652. The highest BCUT2D eigenvalue weighted by Gasteiger charge is 2.38. The highest BCUT2D eigenvalue weighted by Crippen LogP contribution is 2.37. The zero-order valence-corrected chi connectivity index (χ0v) is 15.0. The maximum Gasteiger partial charge on any atom is 0.416 e. The third-order valence-electron chi connectivity index (χ3n) is 3.62. The van der Waals surface area contributed by atoms with Crippen LogP contribution in [0.5, 0.6) is 0 Å². The maximum absolute atomic E-state index is 13.3. The Hall–Kier alpha value is -2.35. The normalized spacial score (nSPS) is 13.5. The SMILES string of the molecule is O=S(=O)(NCc1cc(F)cc(C(F)(F)F)c1)c1cc(C(F)(F)F)cc(C(F)(F)F)c1. The van der Waals surface area contributed by atoms with Crippen molar-refractivity contribution >= 4 is 10.0 Å². The number of halogens is 10. The second-order valence-electron chi connectivity index (χ2n) is 5.91. The van der Waals surface area contributed by atoms with Crippen molar-refractivity contribution in [3.63, 3.8) is 0 Å². The van der Waals surface area contributed by atoms with E-state index in [1.54, 1.807) is 4.72 Å². The van der Waals surface area contributed by atoms with Crippen LogP contribution in [0.4, 0.5) is 43.9 Å². The van der Waals surface area contributed by atoms with Gasteiger partial charge in [-0.2, -0.15) is 39.5 Å². The topological polar surface area (TPSA) is 46.2 Å². The Morgan fingerprint density at radius 1 is 0.667 bits per heavy atom. The Labute approximate surface area is 162 Å². The van der Waals surface area contributed by atoms with Crippen LogP contribution >= 0.6 is 0 Å². The molecule has 0 aromatic heterocycles. The Morgan fingerprint density at radius 3 is 1.53 bits per heavy atom. The largest absolute Gasteiger partial charge is 0.416 e. The predicted octanol–water partition coefficient (Wildman–Crippen LogP) is 5.36. The molecule has 30 heavy (non-hydrogen) atoms. The lowest BCUT2D eigenvalue weighted by Crippen LogP contribution is -2.25. The summed E-state index contributed by atoms with van der Waals surface area (Å²) in [6, 6.07) is 0.597. The molecule has 0 aliphatic carbocycles. The Morgan fingerprint density at radius 2 is 1.10 bits per heavy atom. The lowest BCUT2D eigenvalue weighted by Gasteiger charge is -2.15. The summed E-state index contributed by atoms with van der Waals surface area (Å²) in [6.45, 7) is -1.03. The monoisotopic (exact) mass is 469 g/mol. The van der Waals surface area contributed by atoms with Crippen LogP contribution in [0.1, 0.15) is 22.3 Å². The van der Waals surface area contributed by atoms with Crippen molar-refractivity contribution in [2.24, 2.45) is 0 Å². The van der Waals surface area contributed by atoms with Gasteiger partial charge in [0.15, 0.2) is 0 Å². The molecule has 2 aromatic rings. The fourth-order valence-corrected chi connectivity index (χ4v) is 3.35. The fourth-order valence-electron chi connectivity index (χ4n) is 2.26. The van der Waals surface area contributed by atoms with Crippen molar-refractivity contribution in [2.45, 2.75) is 30.0 Å². The van der Waals surface area contributed by atoms with Gasteiger partial charge in [0.05, 0.1) is 21.6 Å². The first kappa shape index (κ1) is 23.9. The van der Waals surface area contributed by atoms with Gasteiger partial charge in [0.1, 0.15) is 5.82 Å². The van der Waals surface area contributed by atoms with E-state index in [0.29, 0.717) is 12.1 Å². The molecule has 0 spiro atoms. The standard InChI is InChI=1S/C16H9F10NO2S/c17-12-2-8(1-9(4-12)14(18,19)20)7-27-30(28,29)13-5-10(15(21,22)23)3-11(6-13)16(24,25)26/h1-6,27H,7H2. The van der Waals surface area contributed by atoms with E-state index in [1.807, 2.05) is 0 Å². The first-order chi connectivity index (χ1) is 13.4. The second kappa shape index (κ2) is 7.72. The molecule has 2 rings (SSSR count). The van der Waals surface area contributed by atoms with Crippen molar-refractivity contribution in [3.8, 4) is 0 Å². The molecule has 0 saturated heterocycles. The van der Waals surface area contributed by atoms with Gasteiger partial charge in [0.25, 0.3) is 0 Å². The van der Waals surface area contributed by atoms with Crippen molar-refractivity contribution in [1.82, 2.24) is 4.72 Å². The molecule has 14 heteroatoms. The van der Waals surface area contributed by atoms with Gasteiger partial charge in [-0.3, -0.25) is 0 Å². The molecule has 0 atom stereocenters. The predicted molar refractivity (Wildman–Crippen MR) is 81.9 cm³/mol. The fraction of sp³-hybridized carbons (Fsp3) is 0.250. The molecule has 0 radical (unpaired) electrons. The molecule has 0 heterocycles. The summed E-state index contributed by atoms with van der Waals surface area (Å²) in [7, 11) is -5.04.